The van der Waals surface area contributed by atoms with Gasteiger partial charge in [-0.25, -0.2) is 0 Å². The van der Waals surface area contributed by atoms with Crippen molar-refractivity contribution in [1.29, 1.82) is 0 Å². The molecule has 0 heterocycles. The average molecular weight is 379 g/mol. The third-order valence-electron chi connectivity index (χ3n) is 3.54. The van der Waals surface area contributed by atoms with Crippen LogP contribution in [0.4, 0.5) is 18.9 Å². The lowest BCUT2D eigenvalue weighted by Crippen LogP contribution is -2.26. The van der Waals surface area contributed by atoms with E-state index in [0.29, 0.717) is 17.7 Å². The minimum absolute atomic E-state index is 0.00915. The zero-order chi connectivity index (χ0) is 20.0. The molecule has 0 radical (unpaired) electrons. The summed E-state index contributed by atoms with van der Waals surface area (Å²) in [6.45, 7) is 0. The van der Waals surface area contributed by atoms with Crippen LogP contribution in [0.15, 0.2) is 59.1 Å². The van der Waals surface area contributed by atoms with Crippen LogP contribution in [0.1, 0.15) is 5.56 Å². The first-order chi connectivity index (χ1) is 12.8. The highest BCUT2D eigenvalue weighted by Crippen LogP contribution is 2.29. The molecule has 0 aromatic heterocycles. The SMILES string of the molecule is COc1ccc(/C(O)=C(/C=Nc2ccccc2OC)C(=O)C(F)(F)F)cc1. The molecule has 2 aromatic carbocycles. The Hall–Kier alpha value is -3.29. The Kier molecular flexibility index (Phi) is 6.23. The van der Waals surface area contributed by atoms with Gasteiger partial charge in [0.1, 0.15) is 22.9 Å². The summed E-state index contributed by atoms with van der Waals surface area (Å²) in [6.07, 6.45) is -4.50. The van der Waals surface area contributed by atoms with Crippen LogP contribution >= 0.6 is 0 Å². The number of ether oxygens (including phenoxy) is 2. The summed E-state index contributed by atoms with van der Waals surface area (Å²) in [4.78, 5) is 15.7. The van der Waals surface area contributed by atoms with Gasteiger partial charge in [0, 0.05) is 11.8 Å². The number of hydrogen-bond acceptors (Lipinski definition) is 5. The van der Waals surface area contributed by atoms with Gasteiger partial charge < -0.3 is 14.6 Å². The molecule has 0 saturated carbocycles. The molecule has 0 atom stereocenters. The zero-order valence-electron chi connectivity index (χ0n) is 14.4. The second kappa shape index (κ2) is 8.39. The predicted octanol–water partition coefficient (Wildman–Crippen LogP) is 4.51. The lowest BCUT2D eigenvalue weighted by atomic mass is 10.0. The summed E-state index contributed by atoms with van der Waals surface area (Å²) in [5, 5.41) is 10.3. The normalized spacial score (nSPS) is 12.6. The molecule has 0 aliphatic carbocycles. The number of carbonyl (C=O) groups is 1. The van der Waals surface area contributed by atoms with Crippen molar-refractivity contribution in [3.8, 4) is 11.5 Å². The Morgan fingerprint density at radius 3 is 2.22 bits per heavy atom. The van der Waals surface area contributed by atoms with E-state index in [1.165, 1.54) is 44.6 Å². The monoisotopic (exact) mass is 379 g/mol. The Bertz CT molecular complexity index is 871. The van der Waals surface area contributed by atoms with Crippen molar-refractivity contribution in [2.24, 2.45) is 4.99 Å². The topological polar surface area (TPSA) is 68.1 Å². The van der Waals surface area contributed by atoms with E-state index in [2.05, 4.69) is 4.99 Å². The minimum Gasteiger partial charge on any atom is -0.506 e. The smallest absolute Gasteiger partial charge is 0.455 e. The van der Waals surface area contributed by atoms with Gasteiger partial charge in [0.25, 0.3) is 5.78 Å². The summed E-state index contributed by atoms with van der Waals surface area (Å²) in [6, 6.07) is 11.9. The summed E-state index contributed by atoms with van der Waals surface area (Å²) >= 11 is 0. The van der Waals surface area contributed by atoms with Crippen molar-refractivity contribution in [3.05, 3.63) is 59.7 Å². The molecule has 0 saturated heterocycles. The van der Waals surface area contributed by atoms with E-state index in [9.17, 15) is 23.1 Å². The Morgan fingerprint density at radius 1 is 1.04 bits per heavy atom. The van der Waals surface area contributed by atoms with Crippen molar-refractivity contribution in [3.63, 3.8) is 0 Å². The molecule has 0 spiro atoms. The van der Waals surface area contributed by atoms with Crippen LogP contribution in [0.5, 0.6) is 11.5 Å². The quantitative estimate of drug-likeness (QED) is 0.456. The highest BCUT2D eigenvalue weighted by atomic mass is 19.4. The predicted molar refractivity (Wildman–Crippen MR) is 94.8 cm³/mol. The lowest BCUT2D eigenvalue weighted by Gasteiger charge is -2.10. The van der Waals surface area contributed by atoms with E-state index in [4.69, 9.17) is 9.47 Å². The third-order valence-corrected chi connectivity index (χ3v) is 3.54. The standard InChI is InChI=1S/C19H16F3NO4/c1-26-13-9-7-12(8-10-13)17(24)14(18(25)19(20,21)22)11-23-15-5-3-4-6-16(15)27-2/h3-11,24H,1-2H3/b17-14+,23-11?. The molecule has 0 aliphatic rings. The van der Waals surface area contributed by atoms with Gasteiger partial charge in [-0.3, -0.25) is 9.79 Å². The first kappa shape index (κ1) is 20.0. The van der Waals surface area contributed by atoms with Gasteiger partial charge in [-0.2, -0.15) is 13.2 Å². The second-order valence-electron chi connectivity index (χ2n) is 5.25. The fourth-order valence-corrected chi connectivity index (χ4v) is 2.15. The second-order valence-corrected chi connectivity index (χ2v) is 5.25. The van der Waals surface area contributed by atoms with Crippen LogP contribution in [0.3, 0.4) is 0 Å². The van der Waals surface area contributed by atoms with E-state index in [1.54, 1.807) is 18.2 Å². The molecule has 5 nitrogen and oxygen atoms in total. The first-order valence-electron chi connectivity index (χ1n) is 7.64. The van der Waals surface area contributed by atoms with Crippen molar-refractivity contribution in [2.75, 3.05) is 14.2 Å². The maximum absolute atomic E-state index is 13.0. The van der Waals surface area contributed by atoms with Crippen molar-refractivity contribution >= 4 is 23.4 Å². The summed E-state index contributed by atoms with van der Waals surface area (Å²) in [5.41, 5.74) is -0.775. The van der Waals surface area contributed by atoms with Crippen LogP contribution in [0.25, 0.3) is 5.76 Å². The van der Waals surface area contributed by atoms with E-state index < -0.39 is 23.3 Å². The summed E-state index contributed by atoms with van der Waals surface area (Å²) < 4.78 is 48.9. The number of Topliss-reactive ketones (excluding diaryl/α,β-unsaturated/α-hetero) is 1. The number of aliphatic hydroxyl groups is 1. The number of ketones is 1. The number of benzene rings is 2. The fraction of sp³-hybridized carbons (Fsp3) is 0.158. The molecular formula is C19H16F3NO4. The Morgan fingerprint density at radius 2 is 1.67 bits per heavy atom. The molecule has 2 rings (SSSR count). The van der Waals surface area contributed by atoms with Gasteiger partial charge in [-0.1, -0.05) is 12.1 Å². The minimum atomic E-state index is -5.18. The summed E-state index contributed by atoms with van der Waals surface area (Å²) in [5.74, 6) is -2.32. The maximum Gasteiger partial charge on any atom is 0.455 e. The molecule has 1 N–H and O–H groups in total. The van der Waals surface area contributed by atoms with Gasteiger partial charge in [-0.15, -0.1) is 0 Å². The van der Waals surface area contributed by atoms with Crippen LogP contribution in [-0.4, -0.2) is 37.5 Å². The number of halogens is 3. The number of carbonyl (C=O) groups excluding carboxylic acids is 1. The van der Waals surface area contributed by atoms with Gasteiger partial charge in [0.05, 0.1) is 19.8 Å². The number of para-hydroxylation sites is 2. The number of aliphatic hydroxyl groups excluding tert-OH is 1. The molecule has 27 heavy (non-hydrogen) atoms. The number of methoxy groups -OCH3 is 2. The lowest BCUT2D eigenvalue weighted by molar-refractivity contribution is -0.165. The number of rotatable bonds is 6. The number of allylic oxidation sites excluding steroid dienone is 1. The van der Waals surface area contributed by atoms with E-state index in [-0.39, 0.29) is 11.3 Å². The van der Waals surface area contributed by atoms with Gasteiger partial charge in [-0.05, 0) is 36.4 Å². The molecule has 0 fully saturated rings. The van der Waals surface area contributed by atoms with Crippen molar-refractivity contribution < 1.29 is 32.5 Å². The Labute approximate surface area is 153 Å². The molecule has 2 aromatic rings. The van der Waals surface area contributed by atoms with Gasteiger partial charge >= 0.3 is 6.18 Å². The third kappa shape index (κ3) is 4.87. The number of nitrogens with zero attached hydrogens (tertiary/aromatic N) is 1. The summed E-state index contributed by atoms with van der Waals surface area (Å²) in [7, 11) is 2.80. The van der Waals surface area contributed by atoms with E-state index in [0.717, 1.165) is 0 Å². The van der Waals surface area contributed by atoms with Crippen LogP contribution in [0, 0.1) is 0 Å². The van der Waals surface area contributed by atoms with Gasteiger partial charge in [0.15, 0.2) is 0 Å². The van der Waals surface area contributed by atoms with E-state index >= 15 is 0 Å². The van der Waals surface area contributed by atoms with Crippen LogP contribution in [0.2, 0.25) is 0 Å². The zero-order valence-corrected chi connectivity index (χ0v) is 14.4. The van der Waals surface area contributed by atoms with Crippen LogP contribution < -0.4 is 9.47 Å². The molecule has 0 bridgehead atoms. The molecule has 8 heteroatoms. The number of hydrogen-bond donors (Lipinski definition) is 1. The number of aliphatic imine (C=N–C) groups is 1. The van der Waals surface area contributed by atoms with E-state index in [1.807, 2.05) is 0 Å². The Balaban J connectivity index is 2.53. The molecular weight excluding hydrogens is 363 g/mol. The van der Waals surface area contributed by atoms with Crippen molar-refractivity contribution in [1.82, 2.24) is 0 Å². The van der Waals surface area contributed by atoms with Crippen molar-refractivity contribution in [2.45, 2.75) is 6.18 Å². The highest BCUT2D eigenvalue weighted by Gasteiger charge is 2.41. The molecule has 142 valence electrons. The average Bonchev–Trinajstić information content (AvgIpc) is 2.67. The maximum atomic E-state index is 13.0. The molecule has 0 aliphatic heterocycles. The molecule has 0 unspecified atom stereocenters. The highest BCUT2D eigenvalue weighted by molar-refractivity contribution is 6.20. The fourth-order valence-electron chi connectivity index (χ4n) is 2.15. The first-order valence-corrected chi connectivity index (χ1v) is 7.64. The largest absolute Gasteiger partial charge is 0.506 e. The number of alkyl halides is 3. The van der Waals surface area contributed by atoms with Crippen LogP contribution in [-0.2, 0) is 4.79 Å². The molecule has 0 amide bonds. The van der Waals surface area contributed by atoms with Gasteiger partial charge in [0.2, 0.25) is 0 Å².